The molecule has 0 saturated carbocycles. The molecule has 5 heteroatoms. The lowest BCUT2D eigenvalue weighted by Gasteiger charge is -2.32. The molecule has 1 atom stereocenters. The molecule has 1 aromatic rings. The van der Waals surface area contributed by atoms with E-state index >= 15 is 0 Å². The van der Waals surface area contributed by atoms with Crippen molar-refractivity contribution in [1.82, 2.24) is 15.2 Å². The average molecular weight is 307 g/mol. The number of hydrogen-bond donors (Lipinski definition) is 1. The minimum Gasteiger partial charge on any atom is -0.352 e. The Kier molecular flexibility index (Phi) is 7.03. The van der Waals surface area contributed by atoms with Crippen molar-refractivity contribution < 1.29 is 4.79 Å². The van der Waals surface area contributed by atoms with E-state index < -0.39 is 0 Å². The van der Waals surface area contributed by atoms with E-state index in [0.29, 0.717) is 11.5 Å². The third-order valence-corrected chi connectivity index (χ3v) is 4.60. The van der Waals surface area contributed by atoms with E-state index in [1.807, 2.05) is 11.8 Å². The molecule has 2 rings (SSSR count). The Bertz CT molecular complexity index is 427. The monoisotopic (exact) mass is 307 g/mol. The normalized spacial score (nSPS) is 19.4. The highest BCUT2D eigenvalue weighted by molar-refractivity contribution is 7.98. The van der Waals surface area contributed by atoms with E-state index in [1.54, 1.807) is 24.5 Å². The minimum atomic E-state index is -0.0115. The molecule has 0 spiro atoms. The van der Waals surface area contributed by atoms with Gasteiger partial charge in [0.1, 0.15) is 0 Å². The summed E-state index contributed by atoms with van der Waals surface area (Å²) in [5.74, 6) is 1.80. The molecular formula is C16H25N3OS. The Hall–Kier alpha value is -1.07. The van der Waals surface area contributed by atoms with Gasteiger partial charge < -0.3 is 10.2 Å². The summed E-state index contributed by atoms with van der Waals surface area (Å²) in [6.45, 7) is 4.28. The van der Waals surface area contributed by atoms with Crippen LogP contribution >= 0.6 is 11.8 Å². The number of carbonyl (C=O) groups is 1. The van der Waals surface area contributed by atoms with Crippen LogP contribution in [0, 0.1) is 5.92 Å². The van der Waals surface area contributed by atoms with Gasteiger partial charge in [0.25, 0.3) is 5.91 Å². The lowest BCUT2D eigenvalue weighted by molar-refractivity contribution is 0.0932. The maximum Gasteiger partial charge on any atom is 0.252 e. The number of pyridine rings is 1. The van der Waals surface area contributed by atoms with Crippen molar-refractivity contribution in [3.05, 3.63) is 30.1 Å². The van der Waals surface area contributed by atoms with Crippen molar-refractivity contribution in [1.29, 1.82) is 0 Å². The lowest BCUT2D eigenvalue weighted by Crippen LogP contribution is -2.41. The smallest absolute Gasteiger partial charge is 0.252 e. The predicted molar refractivity (Wildman–Crippen MR) is 88.7 cm³/mol. The molecule has 1 aliphatic rings. The molecule has 1 N–H and O–H groups in total. The topological polar surface area (TPSA) is 45.2 Å². The summed E-state index contributed by atoms with van der Waals surface area (Å²) in [5.41, 5.74) is 0.644. The number of thioether (sulfide) groups is 1. The average Bonchev–Trinajstić information content (AvgIpc) is 2.54. The molecule has 116 valence electrons. The largest absolute Gasteiger partial charge is 0.352 e. The van der Waals surface area contributed by atoms with Gasteiger partial charge in [-0.25, -0.2) is 0 Å². The molecule has 0 bridgehead atoms. The van der Waals surface area contributed by atoms with Crippen LogP contribution in [-0.2, 0) is 0 Å². The van der Waals surface area contributed by atoms with E-state index in [-0.39, 0.29) is 5.91 Å². The van der Waals surface area contributed by atoms with E-state index in [1.165, 1.54) is 38.1 Å². The van der Waals surface area contributed by atoms with Crippen LogP contribution < -0.4 is 5.32 Å². The second-order valence-electron chi connectivity index (χ2n) is 5.61. The van der Waals surface area contributed by atoms with Crippen molar-refractivity contribution in [2.75, 3.05) is 38.2 Å². The highest BCUT2D eigenvalue weighted by Crippen LogP contribution is 2.16. The summed E-state index contributed by atoms with van der Waals surface area (Å²) in [6.07, 6.45) is 9.18. The first-order chi connectivity index (χ1) is 10.3. The molecule has 1 unspecified atom stereocenters. The number of carbonyl (C=O) groups excluding carboxylic acids is 1. The fourth-order valence-electron chi connectivity index (χ4n) is 2.79. The zero-order valence-corrected chi connectivity index (χ0v) is 13.6. The molecule has 1 aromatic heterocycles. The molecule has 21 heavy (non-hydrogen) atoms. The quantitative estimate of drug-likeness (QED) is 0.785. The van der Waals surface area contributed by atoms with Gasteiger partial charge in [-0.05, 0) is 62.4 Å². The van der Waals surface area contributed by atoms with Crippen LogP contribution in [-0.4, -0.2) is 54.0 Å². The standard InChI is InChI=1S/C16H25N3OS/c1-21-10-4-9-19-8-3-5-14(13-19)11-18-16(20)15-6-2-7-17-12-15/h2,6-7,12,14H,3-5,8-11,13H2,1H3,(H,18,20). The highest BCUT2D eigenvalue weighted by atomic mass is 32.2. The molecule has 1 amide bonds. The third kappa shape index (κ3) is 5.67. The fraction of sp³-hybridized carbons (Fsp3) is 0.625. The van der Waals surface area contributed by atoms with Crippen LogP contribution in [0.25, 0.3) is 0 Å². The Morgan fingerprint density at radius 3 is 3.24 bits per heavy atom. The van der Waals surface area contributed by atoms with Gasteiger partial charge in [-0.3, -0.25) is 9.78 Å². The Labute approximate surface area is 131 Å². The van der Waals surface area contributed by atoms with Crippen LogP contribution in [0.4, 0.5) is 0 Å². The maximum absolute atomic E-state index is 12.0. The van der Waals surface area contributed by atoms with Gasteiger partial charge in [-0.1, -0.05) is 0 Å². The van der Waals surface area contributed by atoms with E-state index in [4.69, 9.17) is 0 Å². The molecule has 4 nitrogen and oxygen atoms in total. The van der Waals surface area contributed by atoms with Gasteiger partial charge in [-0.15, -0.1) is 0 Å². The number of aromatic nitrogens is 1. The number of nitrogens with zero attached hydrogens (tertiary/aromatic N) is 2. The van der Waals surface area contributed by atoms with Crippen molar-refractivity contribution in [3.8, 4) is 0 Å². The summed E-state index contributed by atoms with van der Waals surface area (Å²) < 4.78 is 0. The Balaban J connectivity index is 1.71. The fourth-order valence-corrected chi connectivity index (χ4v) is 3.21. The lowest BCUT2D eigenvalue weighted by atomic mass is 9.98. The number of amides is 1. The van der Waals surface area contributed by atoms with E-state index in [9.17, 15) is 4.79 Å². The number of rotatable bonds is 7. The molecule has 1 saturated heterocycles. The summed E-state index contributed by atoms with van der Waals surface area (Å²) >= 11 is 1.91. The number of hydrogen-bond acceptors (Lipinski definition) is 4. The van der Waals surface area contributed by atoms with Gasteiger partial charge in [0.15, 0.2) is 0 Å². The van der Waals surface area contributed by atoms with Crippen LogP contribution in [0.5, 0.6) is 0 Å². The molecular weight excluding hydrogens is 282 g/mol. The summed E-state index contributed by atoms with van der Waals surface area (Å²) in [4.78, 5) is 18.5. The first kappa shape index (κ1) is 16.3. The van der Waals surface area contributed by atoms with Gasteiger partial charge in [0.05, 0.1) is 5.56 Å². The summed E-state index contributed by atoms with van der Waals surface area (Å²) in [6, 6.07) is 3.60. The zero-order chi connectivity index (χ0) is 14.9. The SMILES string of the molecule is CSCCCN1CCCC(CNC(=O)c2cccnc2)C1. The molecule has 0 radical (unpaired) electrons. The van der Waals surface area contributed by atoms with Gasteiger partial charge in [-0.2, -0.15) is 11.8 Å². The molecule has 0 aliphatic carbocycles. The second kappa shape index (κ2) is 9.05. The van der Waals surface area contributed by atoms with Crippen molar-refractivity contribution in [3.63, 3.8) is 0 Å². The van der Waals surface area contributed by atoms with Crippen LogP contribution in [0.15, 0.2) is 24.5 Å². The van der Waals surface area contributed by atoms with Gasteiger partial charge in [0, 0.05) is 25.5 Å². The Morgan fingerprint density at radius 1 is 1.57 bits per heavy atom. The van der Waals surface area contributed by atoms with Crippen molar-refractivity contribution >= 4 is 17.7 Å². The molecule has 1 fully saturated rings. The highest BCUT2D eigenvalue weighted by Gasteiger charge is 2.20. The number of likely N-dealkylation sites (tertiary alicyclic amines) is 1. The minimum absolute atomic E-state index is 0.0115. The first-order valence-corrected chi connectivity index (χ1v) is 9.08. The third-order valence-electron chi connectivity index (χ3n) is 3.90. The Morgan fingerprint density at radius 2 is 2.48 bits per heavy atom. The van der Waals surface area contributed by atoms with Crippen molar-refractivity contribution in [2.24, 2.45) is 5.92 Å². The number of nitrogens with one attached hydrogen (secondary N) is 1. The van der Waals surface area contributed by atoms with Crippen LogP contribution in [0.1, 0.15) is 29.6 Å². The summed E-state index contributed by atoms with van der Waals surface area (Å²) in [7, 11) is 0. The summed E-state index contributed by atoms with van der Waals surface area (Å²) in [5, 5.41) is 3.05. The van der Waals surface area contributed by atoms with Gasteiger partial charge in [0.2, 0.25) is 0 Å². The van der Waals surface area contributed by atoms with Crippen LogP contribution in [0.2, 0.25) is 0 Å². The maximum atomic E-state index is 12.0. The van der Waals surface area contributed by atoms with Gasteiger partial charge >= 0.3 is 0 Å². The van der Waals surface area contributed by atoms with Crippen molar-refractivity contribution in [2.45, 2.75) is 19.3 Å². The van der Waals surface area contributed by atoms with Crippen LogP contribution in [0.3, 0.4) is 0 Å². The first-order valence-electron chi connectivity index (χ1n) is 7.69. The molecule has 0 aromatic carbocycles. The molecule has 1 aliphatic heterocycles. The van der Waals surface area contributed by atoms with E-state index in [2.05, 4.69) is 21.5 Å². The van der Waals surface area contributed by atoms with E-state index in [0.717, 1.165) is 13.1 Å². The predicted octanol–water partition coefficient (Wildman–Crippen LogP) is 2.28. The second-order valence-corrected chi connectivity index (χ2v) is 6.59. The number of piperidine rings is 1. The zero-order valence-electron chi connectivity index (χ0n) is 12.8. The molecule has 2 heterocycles.